The number of hydrogen-bond donors (Lipinski definition) is 3. The first-order valence-corrected chi connectivity index (χ1v) is 17.8. The van der Waals surface area contributed by atoms with Gasteiger partial charge in [0.05, 0.1) is 34.0 Å². The maximum Gasteiger partial charge on any atom is 0.262 e. The Hall–Kier alpha value is -4.32. The summed E-state index contributed by atoms with van der Waals surface area (Å²) in [5.74, 6) is 0.776. The van der Waals surface area contributed by atoms with Gasteiger partial charge in [0.25, 0.3) is 5.56 Å². The minimum atomic E-state index is -0.732. The number of nitrogens with zero attached hydrogens (tertiary/aromatic N) is 4. The van der Waals surface area contributed by atoms with Gasteiger partial charge in [-0.2, -0.15) is 0 Å². The summed E-state index contributed by atoms with van der Waals surface area (Å²) in [7, 11) is 1.59. The van der Waals surface area contributed by atoms with Gasteiger partial charge >= 0.3 is 0 Å². The minimum absolute atomic E-state index is 0.0943. The maximum absolute atomic E-state index is 13.4. The van der Waals surface area contributed by atoms with Crippen molar-refractivity contribution in [2.75, 3.05) is 26.7 Å². The van der Waals surface area contributed by atoms with Crippen LogP contribution in [0.25, 0.3) is 39.2 Å². The van der Waals surface area contributed by atoms with E-state index < -0.39 is 5.60 Å². The zero-order valence-electron chi connectivity index (χ0n) is 28.7. The Morgan fingerprint density at radius 2 is 1.69 bits per heavy atom. The fraction of sp³-hybridized carbons (Fsp3) is 0.333. The highest BCUT2D eigenvalue weighted by Gasteiger charge is 2.37. The second kappa shape index (κ2) is 14.4. The molecule has 0 bridgehead atoms. The molecule has 0 spiro atoms. The maximum atomic E-state index is 13.4. The van der Waals surface area contributed by atoms with Gasteiger partial charge in [-0.05, 0) is 44.0 Å². The smallest absolute Gasteiger partial charge is 0.262 e. The van der Waals surface area contributed by atoms with Crippen molar-refractivity contribution in [2.45, 2.75) is 51.4 Å². The molecular weight excluding hydrogens is 687 g/mol. The number of ether oxygens (including phenoxy) is 1. The van der Waals surface area contributed by atoms with Crippen LogP contribution in [0.5, 0.6) is 5.88 Å². The highest BCUT2D eigenvalue weighted by Crippen LogP contribution is 2.42. The summed E-state index contributed by atoms with van der Waals surface area (Å²) >= 11 is 14.2. The van der Waals surface area contributed by atoms with Gasteiger partial charge in [-0.1, -0.05) is 65.7 Å². The molecule has 0 unspecified atom stereocenters. The highest BCUT2D eigenvalue weighted by molar-refractivity contribution is 6.39. The quantitative estimate of drug-likeness (QED) is 0.152. The third kappa shape index (κ3) is 7.24. The number of carbonyl (C=O) groups excluding carboxylic acids is 1. The monoisotopic (exact) mass is 726 g/mol. The molecule has 0 saturated carbocycles. The number of fused-ring (bicyclic) bond motifs is 1. The van der Waals surface area contributed by atoms with Crippen molar-refractivity contribution in [2.24, 2.45) is 5.92 Å². The summed E-state index contributed by atoms with van der Waals surface area (Å²) < 4.78 is 7.20. The molecule has 3 aromatic heterocycles. The molecule has 1 atom stereocenters. The first kappa shape index (κ1) is 35.1. The number of nitrogens with one attached hydrogen (secondary N) is 2. The molecule has 0 aliphatic carbocycles. The number of aliphatic hydroxyl groups is 1. The summed E-state index contributed by atoms with van der Waals surface area (Å²) in [6.45, 7) is 6.83. The van der Waals surface area contributed by atoms with Crippen molar-refractivity contribution in [3.63, 3.8) is 0 Å². The van der Waals surface area contributed by atoms with Gasteiger partial charge in [0.2, 0.25) is 11.8 Å². The van der Waals surface area contributed by atoms with E-state index in [9.17, 15) is 14.7 Å². The van der Waals surface area contributed by atoms with Crippen LogP contribution in [0.15, 0.2) is 77.9 Å². The van der Waals surface area contributed by atoms with E-state index in [1.807, 2.05) is 74.5 Å². The number of benzene rings is 2. The molecule has 2 aliphatic heterocycles. The average molecular weight is 728 g/mol. The molecule has 2 saturated heterocycles. The lowest BCUT2D eigenvalue weighted by Gasteiger charge is -2.45. The lowest BCUT2D eigenvalue weighted by Crippen LogP contribution is -2.55. The SMILES string of the molecule is COc1nc(-c2cccc(-c3cccc(-c4ccn5c(=O)c(CN6CC(C(C)(C)O)C6)cnc5c4)c3Cl)c2Cl)ccc1CNC[C@H]1CCC(=O)N1. The number of hydrogen-bond acceptors (Lipinski definition) is 8. The second-order valence-electron chi connectivity index (χ2n) is 13.9. The van der Waals surface area contributed by atoms with Crippen molar-refractivity contribution >= 4 is 34.8 Å². The fourth-order valence-electron chi connectivity index (χ4n) is 6.82. The van der Waals surface area contributed by atoms with Crippen LogP contribution >= 0.6 is 23.2 Å². The van der Waals surface area contributed by atoms with Crippen LogP contribution in [0.2, 0.25) is 10.0 Å². The zero-order chi connectivity index (χ0) is 35.9. The Balaban J connectivity index is 1.12. The number of likely N-dealkylation sites (tertiary alicyclic amines) is 1. The van der Waals surface area contributed by atoms with Crippen LogP contribution in [0, 0.1) is 5.92 Å². The zero-order valence-corrected chi connectivity index (χ0v) is 30.3. The van der Waals surface area contributed by atoms with Gasteiger partial charge in [0.15, 0.2) is 0 Å². The van der Waals surface area contributed by atoms with E-state index >= 15 is 0 Å². The van der Waals surface area contributed by atoms with Crippen LogP contribution in [0.3, 0.4) is 0 Å². The number of amides is 1. The predicted molar refractivity (Wildman–Crippen MR) is 200 cm³/mol. The molecule has 1 amide bonds. The molecule has 0 radical (unpaired) electrons. The van der Waals surface area contributed by atoms with E-state index in [0.29, 0.717) is 58.9 Å². The van der Waals surface area contributed by atoms with Crippen LogP contribution in [-0.2, 0) is 17.9 Å². The Morgan fingerprint density at radius 1 is 0.980 bits per heavy atom. The predicted octanol–water partition coefficient (Wildman–Crippen LogP) is 5.98. The first-order valence-electron chi connectivity index (χ1n) is 17.1. The molecular formula is C39H40Cl2N6O4. The molecule has 5 heterocycles. The number of halogens is 2. The summed E-state index contributed by atoms with van der Waals surface area (Å²) in [5, 5.41) is 17.6. The summed E-state index contributed by atoms with van der Waals surface area (Å²) in [6.07, 6.45) is 4.78. The Morgan fingerprint density at radius 3 is 2.37 bits per heavy atom. The van der Waals surface area contributed by atoms with Gasteiger partial charge in [-0.3, -0.25) is 18.9 Å². The van der Waals surface area contributed by atoms with E-state index in [-0.39, 0.29) is 23.4 Å². The number of rotatable bonds is 11. The summed E-state index contributed by atoms with van der Waals surface area (Å²) in [4.78, 5) is 36.4. The van der Waals surface area contributed by atoms with E-state index in [4.69, 9.17) is 32.9 Å². The number of methoxy groups -OCH3 is 1. The minimum Gasteiger partial charge on any atom is -0.481 e. The summed E-state index contributed by atoms with van der Waals surface area (Å²) in [6, 6.07) is 19.3. The van der Waals surface area contributed by atoms with Crippen molar-refractivity contribution in [1.29, 1.82) is 0 Å². The third-order valence-corrected chi connectivity index (χ3v) is 10.7. The molecule has 10 nitrogen and oxygen atoms in total. The van der Waals surface area contributed by atoms with Crippen molar-refractivity contribution in [3.05, 3.63) is 105 Å². The molecule has 12 heteroatoms. The van der Waals surface area contributed by atoms with E-state index in [0.717, 1.165) is 52.9 Å². The van der Waals surface area contributed by atoms with E-state index in [1.165, 1.54) is 0 Å². The van der Waals surface area contributed by atoms with Crippen molar-refractivity contribution in [1.82, 2.24) is 29.9 Å². The number of pyridine rings is 2. The van der Waals surface area contributed by atoms with Gasteiger partial charge in [-0.25, -0.2) is 9.97 Å². The number of carbonyl (C=O) groups is 1. The third-order valence-electron chi connectivity index (χ3n) is 9.93. The second-order valence-corrected chi connectivity index (χ2v) is 14.7. The molecule has 5 aromatic rings. The molecule has 2 aliphatic rings. The Labute approximate surface area is 306 Å². The molecule has 2 fully saturated rings. The Kier molecular flexibility index (Phi) is 9.88. The molecule has 264 valence electrons. The Bertz CT molecular complexity index is 2180. The standard InChI is InChI=1S/C39H40Cl2N6O4/c1-39(2,50)26-21-46(22-26)20-25-18-43-33-16-23(14-15-47(33)38(25)49)28-6-4-7-29(35(28)40)30-8-5-9-31(36(30)41)32-12-10-24(37(45-32)51-3)17-42-19-27-11-13-34(48)44-27/h4-10,12,14-16,18,26-27,42,50H,11,13,17,19-22H2,1-3H3,(H,44,48)/t27-/m1/s1. The lowest BCUT2D eigenvalue weighted by atomic mass is 9.84. The van der Waals surface area contributed by atoms with Gasteiger partial charge in [0.1, 0.15) is 5.65 Å². The van der Waals surface area contributed by atoms with Gasteiger partial charge in [0, 0.05) is 91.3 Å². The molecule has 3 N–H and O–H groups in total. The van der Waals surface area contributed by atoms with Gasteiger partial charge < -0.3 is 20.5 Å². The van der Waals surface area contributed by atoms with Crippen molar-refractivity contribution < 1.29 is 14.6 Å². The highest BCUT2D eigenvalue weighted by atomic mass is 35.5. The van der Waals surface area contributed by atoms with Crippen LogP contribution in [0.1, 0.15) is 37.8 Å². The number of aromatic nitrogens is 3. The van der Waals surface area contributed by atoms with Crippen LogP contribution in [0.4, 0.5) is 0 Å². The topological polar surface area (TPSA) is 121 Å². The molecule has 2 aromatic carbocycles. The molecule has 7 rings (SSSR count). The lowest BCUT2D eigenvalue weighted by molar-refractivity contribution is -0.119. The fourth-order valence-corrected chi connectivity index (χ4v) is 7.48. The van der Waals surface area contributed by atoms with Crippen LogP contribution < -0.4 is 20.9 Å². The normalized spacial score (nSPS) is 16.7. The van der Waals surface area contributed by atoms with E-state index in [2.05, 4.69) is 20.5 Å². The first-order chi connectivity index (χ1) is 24.5. The van der Waals surface area contributed by atoms with Crippen molar-refractivity contribution in [3.8, 4) is 39.4 Å². The average Bonchev–Trinajstić information content (AvgIpc) is 3.51. The molecule has 51 heavy (non-hydrogen) atoms. The van der Waals surface area contributed by atoms with E-state index in [1.54, 1.807) is 23.9 Å². The summed E-state index contributed by atoms with van der Waals surface area (Å²) in [5.41, 5.74) is 5.68. The van der Waals surface area contributed by atoms with Gasteiger partial charge in [-0.15, -0.1) is 0 Å². The largest absolute Gasteiger partial charge is 0.481 e. The van der Waals surface area contributed by atoms with Crippen LogP contribution in [-0.4, -0.2) is 68.7 Å².